The third-order valence-corrected chi connectivity index (χ3v) is 5.00. The molecular weight excluding hydrogens is 256 g/mol. The predicted molar refractivity (Wildman–Crippen MR) is 81.1 cm³/mol. The maximum Gasteiger partial charge on any atom is 0.175 e. The minimum atomic E-state index is 0.00584. The third kappa shape index (κ3) is 3.83. The van der Waals surface area contributed by atoms with Crippen LogP contribution in [-0.4, -0.2) is 29.5 Å². The van der Waals surface area contributed by atoms with Crippen molar-refractivity contribution in [3.63, 3.8) is 0 Å². The maximum atomic E-state index is 12.4. The summed E-state index contributed by atoms with van der Waals surface area (Å²) in [5.74, 6) is 1.16. The number of ketones is 1. The lowest BCUT2D eigenvalue weighted by atomic mass is 10.0. The van der Waals surface area contributed by atoms with Gasteiger partial charge in [0.15, 0.2) is 5.78 Å². The van der Waals surface area contributed by atoms with Crippen LogP contribution in [0.15, 0.2) is 18.2 Å². The highest BCUT2D eigenvalue weighted by Gasteiger charge is 2.20. The second-order valence-electron chi connectivity index (χ2n) is 5.27. The molecule has 2 nitrogen and oxygen atoms in total. The first-order chi connectivity index (χ1) is 9.08. The van der Waals surface area contributed by atoms with E-state index in [2.05, 4.69) is 13.8 Å². The number of thioether (sulfide) groups is 1. The molecule has 2 rings (SSSR count). The lowest BCUT2D eigenvalue weighted by molar-refractivity contribution is 0.0993. The molecule has 2 atom stereocenters. The Balaban J connectivity index is 1.92. The fourth-order valence-corrected chi connectivity index (χ4v) is 3.29. The summed E-state index contributed by atoms with van der Waals surface area (Å²) >= 11 is 1.71. The highest BCUT2D eigenvalue weighted by atomic mass is 32.2. The molecule has 3 heteroatoms. The van der Waals surface area contributed by atoms with Crippen LogP contribution in [0.25, 0.3) is 0 Å². The van der Waals surface area contributed by atoms with E-state index in [9.17, 15) is 4.79 Å². The van der Waals surface area contributed by atoms with Gasteiger partial charge in [-0.1, -0.05) is 12.1 Å². The summed E-state index contributed by atoms with van der Waals surface area (Å²) in [6.45, 7) is 7.00. The van der Waals surface area contributed by atoms with E-state index < -0.39 is 0 Å². The first-order valence-corrected chi connectivity index (χ1v) is 7.97. The van der Waals surface area contributed by atoms with E-state index in [1.807, 2.05) is 25.1 Å². The monoisotopic (exact) mass is 278 g/mol. The smallest absolute Gasteiger partial charge is 0.175 e. The molecule has 0 bridgehead atoms. The number of Topliss-reactive ketones (excluding diaryl/α,β-unsaturated/α-hetero) is 1. The Hall–Kier alpha value is -0.800. The lowest BCUT2D eigenvalue weighted by Crippen LogP contribution is -2.18. The highest BCUT2D eigenvalue weighted by molar-refractivity contribution is 8.00. The van der Waals surface area contributed by atoms with Crippen LogP contribution in [0, 0.1) is 13.8 Å². The summed E-state index contributed by atoms with van der Waals surface area (Å²) in [5, 5.41) is 0.00584. The van der Waals surface area contributed by atoms with Gasteiger partial charge in [-0.3, -0.25) is 4.79 Å². The number of hydrogen-bond donors (Lipinski definition) is 0. The van der Waals surface area contributed by atoms with Crippen LogP contribution in [0.3, 0.4) is 0 Å². The summed E-state index contributed by atoms with van der Waals surface area (Å²) in [5.41, 5.74) is 3.24. The molecule has 2 unspecified atom stereocenters. The molecule has 1 aromatic carbocycles. The van der Waals surface area contributed by atoms with Gasteiger partial charge < -0.3 is 4.74 Å². The Labute approximate surface area is 119 Å². The molecule has 0 spiro atoms. The van der Waals surface area contributed by atoms with E-state index >= 15 is 0 Å². The fraction of sp³-hybridized carbons (Fsp3) is 0.562. The average molecular weight is 278 g/mol. The Kier molecular flexibility index (Phi) is 5.06. The van der Waals surface area contributed by atoms with Crippen molar-refractivity contribution >= 4 is 17.5 Å². The van der Waals surface area contributed by atoms with Gasteiger partial charge >= 0.3 is 0 Å². The Bertz CT molecular complexity index is 450. The van der Waals surface area contributed by atoms with Crippen LogP contribution in [0.2, 0.25) is 0 Å². The van der Waals surface area contributed by atoms with Gasteiger partial charge in [-0.15, -0.1) is 11.8 Å². The SMILES string of the molecule is Cc1ccc(C(=O)C(C)SCC2CCCO2)cc1C. The van der Waals surface area contributed by atoms with Gasteiger partial charge in [0.2, 0.25) is 0 Å². The standard InChI is InChI=1S/C16H22O2S/c1-11-6-7-14(9-12(11)2)16(17)13(3)19-10-15-5-4-8-18-15/h6-7,9,13,15H,4-5,8,10H2,1-3H3. The number of hydrogen-bond acceptors (Lipinski definition) is 3. The zero-order valence-corrected chi connectivity index (χ0v) is 12.8. The maximum absolute atomic E-state index is 12.4. The van der Waals surface area contributed by atoms with Crippen molar-refractivity contribution < 1.29 is 9.53 Å². The molecule has 0 radical (unpaired) electrons. The van der Waals surface area contributed by atoms with Crippen LogP contribution in [0.1, 0.15) is 41.3 Å². The minimum Gasteiger partial charge on any atom is -0.377 e. The molecule has 104 valence electrons. The van der Waals surface area contributed by atoms with Crippen molar-refractivity contribution in [2.45, 2.75) is 45.0 Å². The molecular formula is C16H22O2S. The second kappa shape index (κ2) is 6.58. The van der Waals surface area contributed by atoms with Crippen molar-refractivity contribution in [1.29, 1.82) is 0 Å². The van der Waals surface area contributed by atoms with Crippen molar-refractivity contribution in [2.75, 3.05) is 12.4 Å². The first-order valence-electron chi connectivity index (χ1n) is 6.92. The van der Waals surface area contributed by atoms with E-state index in [-0.39, 0.29) is 11.0 Å². The molecule has 19 heavy (non-hydrogen) atoms. The van der Waals surface area contributed by atoms with Gasteiger partial charge in [-0.25, -0.2) is 0 Å². The van der Waals surface area contributed by atoms with E-state index in [1.54, 1.807) is 11.8 Å². The van der Waals surface area contributed by atoms with Gasteiger partial charge in [0.1, 0.15) is 0 Å². The quantitative estimate of drug-likeness (QED) is 0.767. The van der Waals surface area contributed by atoms with E-state index in [0.29, 0.717) is 6.10 Å². The molecule has 1 aliphatic heterocycles. The van der Waals surface area contributed by atoms with Gasteiger partial charge in [0.25, 0.3) is 0 Å². The van der Waals surface area contributed by atoms with Crippen molar-refractivity contribution in [2.24, 2.45) is 0 Å². The largest absolute Gasteiger partial charge is 0.377 e. The van der Waals surface area contributed by atoms with Crippen LogP contribution in [-0.2, 0) is 4.74 Å². The molecule has 1 aliphatic rings. The van der Waals surface area contributed by atoms with Crippen LogP contribution >= 0.6 is 11.8 Å². The zero-order chi connectivity index (χ0) is 13.8. The number of carbonyl (C=O) groups excluding carboxylic acids is 1. The summed E-state index contributed by atoms with van der Waals surface area (Å²) < 4.78 is 5.59. The molecule has 1 heterocycles. The Morgan fingerprint density at radius 1 is 1.42 bits per heavy atom. The van der Waals surface area contributed by atoms with Crippen molar-refractivity contribution in [3.05, 3.63) is 34.9 Å². The summed E-state index contributed by atoms with van der Waals surface area (Å²) in [7, 11) is 0. The predicted octanol–water partition coefficient (Wildman–Crippen LogP) is 3.79. The fourth-order valence-electron chi connectivity index (χ4n) is 2.23. The normalized spacial score (nSPS) is 20.5. The van der Waals surface area contributed by atoms with Crippen LogP contribution in [0.4, 0.5) is 0 Å². The van der Waals surface area contributed by atoms with Crippen LogP contribution in [0.5, 0.6) is 0 Å². The summed E-state index contributed by atoms with van der Waals surface area (Å²) in [4.78, 5) is 12.4. The molecule has 0 saturated carbocycles. The Morgan fingerprint density at radius 2 is 2.21 bits per heavy atom. The molecule has 1 aromatic rings. The van der Waals surface area contributed by atoms with Gasteiger partial charge in [-0.05, 0) is 50.8 Å². The van der Waals surface area contributed by atoms with E-state index in [1.165, 1.54) is 11.1 Å². The number of rotatable bonds is 5. The number of aryl methyl sites for hydroxylation is 2. The topological polar surface area (TPSA) is 26.3 Å². The molecule has 0 N–H and O–H groups in total. The lowest BCUT2D eigenvalue weighted by Gasteiger charge is -2.14. The summed E-state index contributed by atoms with van der Waals surface area (Å²) in [6.07, 6.45) is 2.64. The second-order valence-corrected chi connectivity index (χ2v) is 6.65. The minimum absolute atomic E-state index is 0.00584. The van der Waals surface area contributed by atoms with Gasteiger partial charge in [0, 0.05) is 17.9 Å². The average Bonchev–Trinajstić information content (AvgIpc) is 2.91. The number of benzene rings is 1. The van der Waals surface area contributed by atoms with Crippen molar-refractivity contribution in [3.8, 4) is 0 Å². The van der Waals surface area contributed by atoms with Gasteiger partial charge in [-0.2, -0.15) is 0 Å². The van der Waals surface area contributed by atoms with E-state index in [0.717, 1.165) is 30.8 Å². The highest BCUT2D eigenvalue weighted by Crippen LogP contribution is 2.23. The third-order valence-electron chi connectivity index (χ3n) is 3.72. The Morgan fingerprint density at radius 3 is 2.84 bits per heavy atom. The van der Waals surface area contributed by atoms with Gasteiger partial charge in [0.05, 0.1) is 11.4 Å². The molecule has 0 aromatic heterocycles. The zero-order valence-electron chi connectivity index (χ0n) is 11.9. The first kappa shape index (κ1) is 14.6. The van der Waals surface area contributed by atoms with Crippen molar-refractivity contribution in [1.82, 2.24) is 0 Å². The molecule has 0 aliphatic carbocycles. The molecule has 1 fully saturated rings. The number of ether oxygens (including phenoxy) is 1. The van der Waals surface area contributed by atoms with E-state index in [4.69, 9.17) is 4.74 Å². The van der Waals surface area contributed by atoms with Crippen LogP contribution < -0.4 is 0 Å². The summed E-state index contributed by atoms with van der Waals surface area (Å²) in [6, 6.07) is 5.97. The molecule has 0 amide bonds. The molecule has 1 saturated heterocycles. The number of carbonyl (C=O) groups is 1.